The first-order valence-electron chi connectivity index (χ1n) is 9.57. The second-order valence-electron chi connectivity index (χ2n) is 6.88. The second-order valence-corrected chi connectivity index (χ2v) is 6.88. The molecule has 31 heavy (non-hydrogen) atoms. The van der Waals surface area contributed by atoms with E-state index < -0.39 is 24.5 Å². The zero-order valence-electron chi connectivity index (χ0n) is 16.7. The quantitative estimate of drug-likeness (QED) is 0.475. The van der Waals surface area contributed by atoms with Crippen molar-refractivity contribution in [3.05, 3.63) is 78.1 Å². The van der Waals surface area contributed by atoms with Gasteiger partial charge >= 0.3 is 11.9 Å². The van der Waals surface area contributed by atoms with Crippen LogP contribution in [-0.2, 0) is 25.5 Å². The van der Waals surface area contributed by atoms with Crippen LogP contribution in [0.25, 0.3) is 21.7 Å². The molecule has 0 aliphatic carbocycles. The molecule has 1 amide bonds. The molecule has 0 atom stereocenters. The Kier molecular flexibility index (Phi) is 5.66. The highest BCUT2D eigenvalue weighted by molar-refractivity contribution is 6.08. The van der Waals surface area contributed by atoms with Gasteiger partial charge in [-0.3, -0.25) is 9.59 Å². The van der Waals surface area contributed by atoms with Crippen LogP contribution < -0.4 is 5.32 Å². The lowest BCUT2D eigenvalue weighted by molar-refractivity contribution is -0.146. The van der Waals surface area contributed by atoms with Crippen LogP contribution in [0.5, 0.6) is 0 Å². The molecule has 3 aromatic carbocycles. The summed E-state index contributed by atoms with van der Waals surface area (Å²) in [6.07, 6.45) is 1.52. The minimum Gasteiger partial charge on any atom is -0.465 e. The van der Waals surface area contributed by atoms with Crippen molar-refractivity contribution in [2.24, 2.45) is 0 Å². The lowest BCUT2D eigenvalue weighted by atomic mass is 10.0. The third-order valence-electron chi connectivity index (χ3n) is 4.81. The fourth-order valence-corrected chi connectivity index (χ4v) is 3.40. The number of hydrogen-bond donors (Lipinski definition) is 1. The van der Waals surface area contributed by atoms with E-state index in [0.717, 1.165) is 16.2 Å². The number of carbonyl (C=O) groups excluding carboxylic acids is 3. The minimum absolute atomic E-state index is 0.0217. The number of furan rings is 1. The highest BCUT2D eigenvalue weighted by Crippen LogP contribution is 2.30. The molecule has 0 spiro atoms. The Balaban J connectivity index is 1.39. The number of amides is 1. The Labute approximate surface area is 177 Å². The molecule has 0 fully saturated rings. The summed E-state index contributed by atoms with van der Waals surface area (Å²) in [6.45, 7) is -0.447. The van der Waals surface area contributed by atoms with Gasteiger partial charge in [0.05, 0.1) is 25.4 Å². The van der Waals surface area contributed by atoms with Gasteiger partial charge in [0.1, 0.15) is 5.58 Å². The summed E-state index contributed by atoms with van der Waals surface area (Å²) in [5, 5.41) is 5.47. The maximum Gasteiger partial charge on any atom is 0.337 e. The van der Waals surface area contributed by atoms with Gasteiger partial charge in [0, 0.05) is 16.6 Å². The summed E-state index contributed by atoms with van der Waals surface area (Å²) in [6, 6.07) is 17.9. The molecule has 1 heterocycles. The number of ether oxygens (including phenoxy) is 2. The van der Waals surface area contributed by atoms with E-state index in [0.29, 0.717) is 22.4 Å². The number of benzene rings is 3. The number of carbonyl (C=O) groups is 3. The van der Waals surface area contributed by atoms with Gasteiger partial charge in [0.25, 0.3) is 5.91 Å². The summed E-state index contributed by atoms with van der Waals surface area (Å²) in [7, 11) is 1.28. The lowest BCUT2D eigenvalue weighted by Crippen LogP contribution is -2.21. The van der Waals surface area contributed by atoms with E-state index in [9.17, 15) is 14.4 Å². The summed E-state index contributed by atoms with van der Waals surface area (Å²) < 4.78 is 15.4. The highest BCUT2D eigenvalue weighted by atomic mass is 16.5. The van der Waals surface area contributed by atoms with Gasteiger partial charge < -0.3 is 19.2 Å². The zero-order chi connectivity index (χ0) is 21.8. The van der Waals surface area contributed by atoms with E-state index in [2.05, 4.69) is 10.1 Å². The van der Waals surface area contributed by atoms with Gasteiger partial charge in [-0.1, -0.05) is 36.4 Å². The van der Waals surface area contributed by atoms with Crippen molar-refractivity contribution in [2.45, 2.75) is 6.42 Å². The minimum atomic E-state index is -0.547. The first-order valence-corrected chi connectivity index (χ1v) is 9.57. The molecular weight excluding hydrogens is 398 g/mol. The third-order valence-corrected chi connectivity index (χ3v) is 4.81. The van der Waals surface area contributed by atoms with Crippen LogP contribution in [0.3, 0.4) is 0 Å². The Morgan fingerprint density at radius 3 is 2.68 bits per heavy atom. The molecule has 4 rings (SSSR count). The molecule has 7 nitrogen and oxygen atoms in total. The smallest absolute Gasteiger partial charge is 0.337 e. The average Bonchev–Trinajstić information content (AvgIpc) is 3.20. The average molecular weight is 417 g/mol. The molecule has 0 unspecified atom stereocenters. The van der Waals surface area contributed by atoms with E-state index >= 15 is 0 Å². The maximum absolute atomic E-state index is 12.3. The van der Waals surface area contributed by atoms with Crippen molar-refractivity contribution in [3.8, 4) is 0 Å². The standard InChI is InChI=1S/C24H19NO6/c1-29-24(28)16-6-4-7-18(11-16)25-21(26)14-31-22(27)12-17-13-30-20-10-9-15-5-2-3-8-19(15)23(17)20/h2-11,13H,12,14H2,1H3,(H,25,26). The molecule has 0 aliphatic rings. The van der Waals surface area contributed by atoms with E-state index in [1.54, 1.807) is 18.2 Å². The Hall–Kier alpha value is -4.13. The van der Waals surface area contributed by atoms with Crippen LogP contribution in [0.4, 0.5) is 5.69 Å². The largest absolute Gasteiger partial charge is 0.465 e. The van der Waals surface area contributed by atoms with Gasteiger partial charge in [-0.15, -0.1) is 0 Å². The normalized spacial score (nSPS) is 10.7. The van der Waals surface area contributed by atoms with Gasteiger partial charge in [-0.2, -0.15) is 0 Å². The maximum atomic E-state index is 12.3. The summed E-state index contributed by atoms with van der Waals surface area (Å²) in [4.78, 5) is 36.0. The molecule has 0 radical (unpaired) electrons. The van der Waals surface area contributed by atoms with Gasteiger partial charge in [-0.25, -0.2) is 4.79 Å². The van der Waals surface area contributed by atoms with E-state index in [1.807, 2.05) is 36.4 Å². The summed E-state index contributed by atoms with van der Waals surface area (Å²) >= 11 is 0. The molecule has 7 heteroatoms. The van der Waals surface area contributed by atoms with Crippen LogP contribution in [-0.4, -0.2) is 31.6 Å². The van der Waals surface area contributed by atoms with Crippen molar-refractivity contribution in [1.82, 2.24) is 0 Å². The summed E-state index contributed by atoms with van der Waals surface area (Å²) in [5.41, 5.74) is 2.08. The monoisotopic (exact) mass is 417 g/mol. The van der Waals surface area contributed by atoms with E-state index in [1.165, 1.54) is 19.4 Å². The SMILES string of the molecule is COC(=O)c1cccc(NC(=O)COC(=O)Cc2coc3ccc4ccccc4c23)c1. The molecule has 4 aromatic rings. The van der Waals surface area contributed by atoms with Crippen LogP contribution in [0.15, 0.2) is 71.3 Å². The Morgan fingerprint density at radius 1 is 1.00 bits per heavy atom. The zero-order valence-corrected chi connectivity index (χ0v) is 16.7. The van der Waals surface area contributed by atoms with Crippen LogP contribution in [0.1, 0.15) is 15.9 Å². The van der Waals surface area contributed by atoms with Gasteiger partial charge in [-0.05, 0) is 35.0 Å². The molecule has 1 N–H and O–H groups in total. The first kappa shape index (κ1) is 20.2. The molecular formula is C24H19NO6. The molecule has 0 saturated carbocycles. The number of hydrogen-bond acceptors (Lipinski definition) is 6. The van der Waals surface area contributed by atoms with Crippen molar-refractivity contribution < 1.29 is 28.3 Å². The second kappa shape index (κ2) is 8.71. The van der Waals surface area contributed by atoms with Crippen molar-refractivity contribution in [1.29, 1.82) is 0 Å². The Bertz CT molecular complexity index is 1290. The number of esters is 2. The number of anilines is 1. The topological polar surface area (TPSA) is 94.8 Å². The number of rotatable bonds is 6. The van der Waals surface area contributed by atoms with Crippen molar-refractivity contribution in [2.75, 3.05) is 19.0 Å². The number of nitrogens with one attached hydrogen (secondary N) is 1. The highest BCUT2D eigenvalue weighted by Gasteiger charge is 2.15. The lowest BCUT2D eigenvalue weighted by Gasteiger charge is -2.08. The number of fused-ring (bicyclic) bond motifs is 3. The predicted octanol–water partition coefficient (Wildman–Crippen LogP) is 4.10. The van der Waals surface area contributed by atoms with Crippen molar-refractivity contribution >= 4 is 45.3 Å². The van der Waals surface area contributed by atoms with Crippen LogP contribution in [0, 0.1) is 0 Å². The predicted molar refractivity (Wildman–Crippen MR) is 115 cm³/mol. The fourth-order valence-electron chi connectivity index (χ4n) is 3.40. The van der Waals surface area contributed by atoms with Crippen LogP contribution in [0.2, 0.25) is 0 Å². The van der Waals surface area contributed by atoms with E-state index in [4.69, 9.17) is 9.15 Å². The van der Waals surface area contributed by atoms with Gasteiger partial charge in [0.2, 0.25) is 0 Å². The van der Waals surface area contributed by atoms with Gasteiger partial charge in [0.15, 0.2) is 6.61 Å². The fraction of sp³-hybridized carbons (Fsp3) is 0.125. The van der Waals surface area contributed by atoms with E-state index in [-0.39, 0.29) is 6.42 Å². The molecule has 0 bridgehead atoms. The molecule has 0 saturated heterocycles. The molecule has 156 valence electrons. The molecule has 0 aliphatic heterocycles. The molecule has 1 aromatic heterocycles. The first-order chi connectivity index (χ1) is 15.0. The third kappa shape index (κ3) is 4.40. The Morgan fingerprint density at radius 2 is 1.84 bits per heavy atom. The van der Waals surface area contributed by atoms with Crippen LogP contribution >= 0.6 is 0 Å². The number of methoxy groups -OCH3 is 1. The summed E-state index contributed by atoms with van der Waals surface area (Å²) in [5.74, 6) is -1.57. The van der Waals surface area contributed by atoms with Crippen molar-refractivity contribution in [3.63, 3.8) is 0 Å².